The summed E-state index contributed by atoms with van der Waals surface area (Å²) >= 11 is 1.22. The van der Waals surface area contributed by atoms with Crippen LogP contribution in [0.2, 0.25) is 0 Å². The Morgan fingerprint density at radius 3 is 3.18 bits per heavy atom. The van der Waals surface area contributed by atoms with Gasteiger partial charge in [-0.3, -0.25) is 0 Å². The van der Waals surface area contributed by atoms with Gasteiger partial charge in [0.1, 0.15) is 10.7 Å². The Hall–Kier alpha value is -0.720. The molecular formula is C5H10N4OS. The van der Waals surface area contributed by atoms with Gasteiger partial charge >= 0.3 is 0 Å². The maximum absolute atomic E-state index is 5.19. The SMILES string of the molecule is CCOCc1nnsc1NN. The van der Waals surface area contributed by atoms with Crippen molar-refractivity contribution in [3.05, 3.63) is 5.69 Å². The number of nitrogens with zero attached hydrogens (tertiary/aromatic N) is 2. The van der Waals surface area contributed by atoms with E-state index in [2.05, 4.69) is 15.0 Å². The second-order valence-corrected chi connectivity index (χ2v) is 2.58. The van der Waals surface area contributed by atoms with Crippen LogP contribution in [0.1, 0.15) is 12.6 Å². The average molecular weight is 174 g/mol. The van der Waals surface area contributed by atoms with Gasteiger partial charge < -0.3 is 10.2 Å². The van der Waals surface area contributed by atoms with Crippen LogP contribution >= 0.6 is 11.5 Å². The van der Waals surface area contributed by atoms with Gasteiger partial charge in [-0.2, -0.15) is 0 Å². The number of nitrogens with one attached hydrogen (secondary N) is 1. The van der Waals surface area contributed by atoms with Gasteiger partial charge in [-0.05, 0) is 6.92 Å². The Morgan fingerprint density at radius 1 is 1.73 bits per heavy atom. The minimum Gasteiger partial charge on any atom is -0.375 e. The maximum atomic E-state index is 5.19. The molecule has 0 fully saturated rings. The zero-order chi connectivity index (χ0) is 8.10. The lowest BCUT2D eigenvalue weighted by Gasteiger charge is -1.98. The third-order valence-electron chi connectivity index (χ3n) is 1.13. The molecule has 0 aromatic carbocycles. The fraction of sp³-hybridized carbons (Fsp3) is 0.600. The summed E-state index contributed by atoms with van der Waals surface area (Å²) in [5, 5.41) is 4.59. The summed E-state index contributed by atoms with van der Waals surface area (Å²) in [7, 11) is 0. The van der Waals surface area contributed by atoms with E-state index >= 15 is 0 Å². The standard InChI is InChI=1S/C5H10N4OS/c1-2-10-3-4-5(7-6)11-9-8-4/h7H,2-3,6H2,1H3. The molecule has 1 rings (SSSR count). The van der Waals surface area contributed by atoms with Crippen molar-refractivity contribution >= 4 is 16.5 Å². The number of nitrogen functional groups attached to an aromatic ring is 1. The summed E-state index contributed by atoms with van der Waals surface area (Å²) in [6, 6.07) is 0. The zero-order valence-corrected chi connectivity index (χ0v) is 7.02. The fourth-order valence-corrected chi connectivity index (χ4v) is 1.09. The first-order valence-corrected chi connectivity index (χ1v) is 4.01. The number of anilines is 1. The molecule has 0 bridgehead atoms. The molecule has 0 saturated carbocycles. The van der Waals surface area contributed by atoms with E-state index < -0.39 is 0 Å². The van der Waals surface area contributed by atoms with Crippen LogP contribution in [0.3, 0.4) is 0 Å². The van der Waals surface area contributed by atoms with E-state index in [1.807, 2.05) is 6.92 Å². The fourth-order valence-electron chi connectivity index (χ4n) is 0.611. The van der Waals surface area contributed by atoms with Crippen LogP contribution < -0.4 is 11.3 Å². The van der Waals surface area contributed by atoms with Crippen molar-refractivity contribution in [2.24, 2.45) is 5.84 Å². The monoisotopic (exact) mass is 174 g/mol. The average Bonchev–Trinajstić information content (AvgIpc) is 2.47. The lowest BCUT2D eigenvalue weighted by molar-refractivity contribution is 0.131. The van der Waals surface area contributed by atoms with Crippen molar-refractivity contribution in [2.75, 3.05) is 12.0 Å². The van der Waals surface area contributed by atoms with E-state index in [-0.39, 0.29) is 0 Å². The Kier molecular flexibility index (Phi) is 3.21. The number of hydrogen-bond acceptors (Lipinski definition) is 6. The molecule has 0 saturated heterocycles. The Bertz CT molecular complexity index is 214. The Balaban J connectivity index is 2.54. The van der Waals surface area contributed by atoms with E-state index in [1.54, 1.807) is 0 Å². The number of hydrogen-bond donors (Lipinski definition) is 2. The highest BCUT2D eigenvalue weighted by molar-refractivity contribution is 7.10. The zero-order valence-electron chi connectivity index (χ0n) is 6.20. The van der Waals surface area contributed by atoms with Crippen molar-refractivity contribution in [1.29, 1.82) is 0 Å². The van der Waals surface area contributed by atoms with Crippen LogP contribution in [0, 0.1) is 0 Å². The van der Waals surface area contributed by atoms with Gasteiger partial charge in [-0.25, -0.2) is 5.84 Å². The van der Waals surface area contributed by atoms with Crippen LogP contribution in [0.4, 0.5) is 5.00 Å². The molecule has 62 valence electrons. The molecule has 11 heavy (non-hydrogen) atoms. The van der Waals surface area contributed by atoms with Crippen molar-refractivity contribution in [3.63, 3.8) is 0 Å². The summed E-state index contributed by atoms with van der Waals surface area (Å²) in [6.07, 6.45) is 0. The summed E-state index contributed by atoms with van der Waals surface area (Å²) in [4.78, 5) is 0. The molecular weight excluding hydrogens is 164 g/mol. The van der Waals surface area contributed by atoms with Gasteiger partial charge in [-0.1, -0.05) is 4.49 Å². The molecule has 0 aliphatic rings. The largest absolute Gasteiger partial charge is 0.375 e. The molecule has 1 aromatic heterocycles. The lowest BCUT2D eigenvalue weighted by atomic mass is 10.5. The quantitative estimate of drug-likeness (QED) is 0.509. The summed E-state index contributed by atoms with van der Waals surface area (Å²) in [6.45, 7) is 3.06. The van der Waals surface area contributed by atoms with Crippen LogP contribution in [0.25, 0.3) is 0 Å². The van der Waals surface area contributed by atoms with E-state index in [1.165, 1.54) is 11.5 Å². The maximum Gasteiger partial charge on any atom is 0.149 e. The smallest absolute Gasteiger partial charge is 0.149 e. The van der Waals surface area contributed by atoms with Gasteiger partial charge in [0, 0.05) is 18.1 Å². The van der Waals surface area contributed by atoms with Crippen molar-refractivity contribution in [3.8, 4) is 0 Å². The van der Waals surface area contributed by atoms with Gasteiger partial charge in [0.25, 0.3) is 0 Å². The number of aromatic nitrogens is 2. The van der Waals surface area contributed by atoms with Gasteiger partial charge in [0.15, 0.2) is 0 Å². The highest BCUT2D eigenvalue weighted by Gasteiger charge is 2.04. The minimum atomic E-state index is 0.465. The molecule has 0 aliphatic heterocycles. The van der Waals surface area contributed by atoms with E-state index in [9.17, 15) is 0 Å². The Labute approximate surface area is 68.7 Å². The van der Waals surface area contributed by atoms with Crippen LogP contribution in [-0.4, -0.2) is 16.2 Å². The number of nitrogens with two attached hydrogens (primary N) is 1. The molecule has 0 radical (unpaired) electrons. The number of rotatable bonds is 4. The van der Waals surface area contributed by atoms with E-state index in [0.717, 1.165) is 10.7 Å². The highest BCUT2D eigenvalue weighted by atomic mass is 32.1. The lowest BCUT2D eigenvalue weighted by Crippen LogP contribution is -2.07. The summed E-state index contributed by atoms with van der Waals surface area (Å²) in [5.41, 5.74) is 3.26. The van der Waals surface area contributed by atoms with Gasteiger partial charge in [-0.15, -0.1) is 5.10 Å². The normalized spacial score (nSPS) is 10.0. The summed E-state index contributed by atoms with van der Waals surface area (Å²) in [5.74, 6) is 5.19. The summed E-state index contributed by atoms with van der Waals surface area (Å²) < 4.78 is 8.84. The molecule has 0 amide bonds. The molecule has 0 atom stereocenters. The van der Waals surface area contributed by atoms with Crippen LogP contribution in [-0.2, 0) is 11.3 Å². The Morgan fingerprint density at radius 2 is 2.55 bits per heavy atom. The first-order chi connectivity index (χ1) is 5.38. The molecule has 5 nitrogen and oxygen atoms in total. The molecule has 6 heteroatoms. The molecule has 0 spiro atoms. The second kappa shape index (κ2) is 4.22. The van der Waals surface area contributed by atoms with Gasteiger partial charge in [0.05, 0.1) is 6.61 Å². The van der Waals surface area contributed by atoms with Crippen LogP contribution in [0.15, 0.2) is 0 Å². The van der Waals surface area contributed by atoms with E-state index in [4.69, 9.17) is 10.6 Å². The highest BCUT2D eigenvalue weighted by Crippen LogP contribution is 2.16. The molecule has 1 heterocycles. The first-order valence-electron chi connectivity index (χ1n) is 3.24. The van der Waals surface area contributed by atoms with Crippen molar-refractivity contribution in [1.82, 2.24) is 9.59 Å². The third-order valence-corrected chi connectivity index (χ3v) is 1.83. The van der Waals surface area contributed by atoms with Crippen molar-refractivity contribution in [2.45, 2.75) is 13.5 Å². The molecule has 0 unspecified atom stereocenters. The predicted molar refractivity (Wildman–Crippen MR) is 43.0 cm³/mol. The minimum absolute atomic E-state index is 0.465. The molecule has 0 aliphatic carbocycles. The topological polar surface area (TPSA) is 73.1 Å². The van der Waals surface area contributed by atoms with Crippen LogP contribution in [0.5, 0.6) is 0 Å². The predicted octanol–water partition coefficient (Wildman–Crippen LogP) is 0.360. The molecule has 3 N–H and O–H groups in total. The second-order valence-electron chi connectivity index (χ2n) is 1.83. The number of hydrazine groups is 1. The first kappa shape index (κ1) is 8.38. The number of ether oxygens (including phenoxy) is 1. The molecule has 1 aromatic rings. The van der Waals surface area contributed by atoms with Crippen molar-refractivity contribution < 1.29 is 4.74 Å². The van der Waals surface area contributed by atoms with Gasteiger partial charge in [0.2, 0.25) is 0 Å². The third kappa shape index (κ3) is 2.11. The van der Waals surface area contributed by atoms with E-state index in [0.29, 0.717) is 13.2 Å².